The molecular formula is C17H16F3NO3. The van der Waals surface area contributed by atoms with Crippen molar-refractivity contribution in [3.8, 4) is 11.5 Å². The molecule has 0 bridgehead atoms. The van der Waals surface area contributed by atoms with E-state index in [1.54, 1.807) is 30.3 Å². The molecule has 2 aromatic rings. The Morgan fingerprint density at radius 1 is 1.12 bits per heavy atom. The Labute approximate surface area is 137 Å². The molecule has 0 saturated carbocycles. The van der Waals surface area contributed by atoms with Crippen LogP contribution in [0.1, 0.15) is 5.56 Å². The molecule has 0 unspecified atom stereocenters. The first-order valence-electron chi connectivity index (χ1n) is 7.09. The molecule has 0 fully saturated rings. The molecule has 4 nitrogen and oxygen atoms in total. The largest absolute Gasteiger partial charge is 0.497 e. The summed E-state index contributed by atoms with van der Waals surface area (Å²) in [7, 11) is 1.52. The van der Waals surface area contributed by atoms with E-state index in [0.29, 0.717) is 5.75 Å². The fraction of sp³-hybridized carbons (Fsp3) is 0.235. The number of anilines is 1. The van der Waals surface area contributed by atoms with E-state index in [4.69, 9.17) is 9.47 Å². The van der Waals surface area contributed by atoms with Gasteiger partial charge in [0.05, 0.1) is 19.2 Å². The van der Waals surface area contributed by atoms with Gasteiger partial charge in [-0.2, -0.15) is 13.2 Å². The van der Waals surface area contributed by atoms with Crippen LogP contribution in [0.3, 0.4) is 0 Å². The zero-order valence-corrected chi connectivity index (χ0v) is 12.9. The number of ether oxygens (including phenoxy) is 2. The molecule has 2 aromatic carbocycles. The molecule has 128 valence electrons. The van der Waals surface area contributed by atoms with Crippen LogP contribution in [0.4, 0.5) is 18.9 Å². The maximum absolute atomic E-state index is 12.3. The third kappa shape index (κ3) is 5.49. The quantitative estimate of drug-likeness (QED) is 0.870. The van der Waals surface area contributed by atoms with Crippen LogP contribution in [0.2, 0.25) is 0 Å². The van der Waals surface area contributed by atoms with Crippen molar-refractivity contribution in [2.45, 2.75) is 12.6 Å². The molecule has 0 radical (unpaired) electrons. The van der Waals surface area contributed by atoms with Crippen molar-refractivity contribution in [1.82, 2.24) is 0 Å². The number of hydrogen-bond acceptors (Lipinski definition) is 3. The van der Waals surface area contributed by atoms with Crippen molar-refractivity contribution in [2.24, 2.45) is 0 Å². The second-order valence-corrected chi connectivity index (χ2v) is 4.98. The minimum Gasteiger partial charge on any atom is -0.497 e. The van der Waals surface area contributed by atoms with Gasteiger partial charge < -0.3 is 14.8 Å². The molecular weight excluding hydrogens is 323 g/mol. The molecule has 0 heterocycles. The first kappa shape index (κ1) is 17.7. The van der Waals surface area contributed by atoms with E-state index in [1.165, 1.54) is 25.3 Å². The first-order valence-corrected chi connectivity index (χ1v) is 7.09. The van der Waals surface area contributed by atoms with E-state index in [9.17, 15) is 18.0 Å². The van der Waals surface area contributed by atoms with Gasteiger partial charge >= 0.3 is 6.18 Å². The topological polar surface area (TPSA) is 47.6 Å². The van der Waals surface area contributed by atoms with E-state index in [0.717, 1.165) is 5.56 Å². The predicted molar refractivity (Wildman–Crippen MR) is 83.3 cm³/mol. The molecule has 0 spiro atoms. The number of carbonyl (C=O) groups is 1. The van der Waals surface area contributed by atoms with E-state index >= 15 is 0 Å². The lowest BCUT2D eigenvalue weighted by Crippen LogP contribution is -2.20. The van der Waals surface area contributed by atoms with Crippen LogP contribution >= 0.6 is 0 Å². The minimum absolute atomic E-state index is 0.0335. The lowest BCUT2D eigenvalue weighted by molar-refractivity contribution is -0.153. The van der Waals surface area contributed by atoms with Crippen LogP contribution in [0.5, 0.6) is 11.5 Å². The number of rotatable bonds is 6. The minimum atomic E-state index is -4.45. The molecule has 0 aliphatic heterocycles. The number of hydrogen-bond donors (Lipinski definition) is 1. The maximum atomic E-state index is 12.3. The van der Waals surface area contributed by atoms with E-state index < -0.39 is 12.8 Å². The molecule has 24 heavy (non-hydrogen) atoms. The lowest BCUT2D eigenvalue weighted by Gasteiger charge is -2.14. The Morgan fingerprint density at radius 2 is 1.88 bits per heavy atom. The third-order valence-corrected chi connectivity index (χ3v) is 3.05. The Hall–Kier alpha value is -2.70. The van der Waals surface area contributed by atoms with Gasteiger partial charge in [0.15, 0.2) is 6.61 Å². The summed E-state index contributed by atoms with van der Waals surface area (Å²) in [6.07, 6.45) is -4.39. The van der Waals surface area contributed by atoms with Gasteiger partial charge in [-0.1, -0.05) is 24.3 Å². The summed E-state index contributed by atoms with van der Waals surface area (Å²) in [5.74, 6) is 0.217. The number of amides is 1. The summed E-state index contributed by atoms with van der Waals surface area (Å²) >= 11 is 0. The van der Waals surface area contributed by atoms with Crippen molar-refractivity contribution in [1.29, 1.82) is 0 Å². The average Bonchev–Trinajstić information content (AvgIpc) is 2.53. The summed E-state index contributed by atoms with van der Waals surface area (Å²) in [6.45, 7) is -1.42. The van der Waals surface area contributed by atoms with Crippen molar-refractivity contribution in [3.05, 3.63) is 54.1 Å². The summed E-state index contributed by atoms with van der Waals surface area (Å²) in [4.78, 5) is 12.1. The van der Waals surface area contributed by atoms with Crippen LogP contribution in [-0.2, 0) is 11.2 Å². The molecule has 0 aliphatic rings. The number of carbonyl (C=O) groups excluding carboxylic acids is 1. The zero-order chi connectivity index (χ0) is 17.6. The molecule has 0 saturated heterocycles. The second kappa shape index (κ2) is 7.72. The van der Waals surface area contributed by atoms with Gasteiger partial charge in [0.25, 0.3) is 0 Å². The molecule has 0 aliphatic carbocycles. The van der Waals surface area contributed by atoms with Gasteiger partial charge in [0, 0.05) is 0 Å². The lowest BCUT2D eigenvalue weighted by atomic mass is 10.1. The Bertz CT molecular complexity index is 701. The van der Waals surface area contributed by atoms with E-state index in [2.05, 4.69) is 5.32 Å². The Morgan fingerprint density at radius 3 is 2.58 bits per heavy atom. The van der Waals surface area contributed by atoms with Crippen molar-refractivity contribution < 1.29 is 27.4 Å². The Kier molecular flexibility index (Phi) is 5.68. The molecule has 1 N–H and O–H groups in total. The number of methoxy groups -OCH3 is 1. The van der Waals surface area contributed by atoms with Crippen molar-refractivity contribution in [2.75, 3.05) is 19.0 Å². The van der Waals surface area contributed by atoms with E-state index in [1.807, 2.05) is 0 Å². The van der Waals surface area contributed by atoms with Gasteiger partial charge in [-0.15, -0.1) is 0 Å². The van der Waals surface area contributed by atoms with Crippen molar-refractivity contribution in [3.63, 3.8) is 0 Å². The fourth-order valence-corrected chi connectivity index (χ4v) is 2.02. The summed E-state index contributed by atoms with van der Waals surface area (Å²) in [5, 5.41) is 2.56. The molecule has 0 atom stereocenters. The zero-order valence-electron chi connectivity index (χ0n) is 12.9. The second-order valence-electron chi connectivity index (χ2n) is 4.98. The van der Waals surface area contributed by atoms with Crippen LogP contribution in [-0.4, -0.2) is 25.8 Å². The molecule has 1 amide bonds. The molecule has 2 rings (SSSR count). The normalized spacial score (nSPS) is 11.0. The van der Waals surface area contributed by atoms with E-state index in [-0.39, 0.29) is 23.8 Å². The number of benzene rings is 2. The molecule has 0 aromatic heterocycles. The molecule has 7 heteroatoms. The van der Waals surface area contributed by atoms with Gasteiger partial charge in [-0.05, 0) is 29.8 Å². The highest BCUT2D eigenvalue weighted by Crippen LogP contribution is 2.26. The smallest absolute Gasteiger partial charge is 0.422 e. The van der Waals surface area contributed by atoms with Crippen LogP contribution < -0.4 is 14.8 Å². The number of halogens is 3. The fourth-order valence-electron chi connectivity index (χ4n) is 2.02. The SMILES string of the molecule is COc1cccc(CC(=O)Nc2ccccc2OCC(F)(F)F)c1. The van der Waals surface area contributed by atoms with Gasteiger partial charge in [0.1, 0.15) is 11.5 Å². The average molecular weight is 339 g/mol. The van der Waals surface area contributed by atoms with Gasteiger partial charge in [-0.3, -0.25) is 4.79 Å². The highest BCUT2D eigenvalue weighted by atomic mass is 19.4. The van der Waals surface area contributed by atoms with Crippen LogP contribution in [0.25, 0.3) is 0 Å². The Balaban J connectivity index is 2.03. The first-order chi connectivity index (χ1) is 11.4. The summed E-state index contributed by atoms with van der Waals surface area (Å²) < 4.78 is 46.6. The highest BCUT2D eigenvalue weighted by Gasteiger charge is 2.28. The number of alkyl halides is 3. The van der Waals surface area contributed by atoms with Crippen molar-refractivity contribution >= 4 is 11.6 Å². The highest BCUT2D eigenvalue weighted by molar-refractivity contribution is 5.93. The maximum Gasteiger partial charge on any atom is 0.422 e. The summed E-state index contributed by atoms with van der Waals surface area (Å²) in [5.41, 5.74) is 0.912. The van der Waals surface area contributed by atoms with Crippen LogP contribution in [0.15, 0.2) is 48.5 Å². The monoisotopic (exact) mass is 339 g/mol. The number of para-hydroxylation sites is 2. The predicted octanol–water partition coefficient (Wildman–Crippen LogP) is 3.82. The summed E-state index contributed by atoms with van der Waals surface area (Å²) in [6, 6.07) is 13.0. The number of nitrogens with one attached hydrogen (secondary N) is 1. The van der Waals surface area contributed by atoms with Gasteiger partial charge in [0.2, 0.25) is 5.91 Å². The third-order valence-electron chi connectivity index (χ3n) is 3.05. The standard InChI is InChI=1S/C17H16F3NO3/c1-23-13-6-4-5-12(9-13)10-16(22)21-14-7-2-3-8-15(14)24-11-17(18,19)20/h2-9H,10-11H2,1H3,(H,21,22). The van der Waals surface area contributed by atoms with Crippen LogP contribution in [0, 0.1) is 0 Å². The van der Waals surface area contributed by atoms with Gasteiger partial charge in [-0.25, -0.2) is 0 Å².